The Morgan fingerprint density at radius 1 is 1.21 bits per heavy atom. The van der Waals surface area contributed by atoms with Gasteiger partial charge in [-0.1, -0.05) is 30.3 Å². The lowest BCUT2D eigenvalue weighted by Gasteiger charge is -2.07. The zero-order valence-electron chi connectivity index (χ0n) is 10.4. The van der Waals surface area contributed by atoms with Gasteiger partial charge in [-0.05, 0) is 34.5 Å². The first-order valence-corrected chi connectivity index (χ1v) is 6.80. The molecular formula is C15H12BrFN2. The summed E-state index contributed by atoms with van der Waals surface area (Å²) in [5.74, 6) is 0.623. The molecule has 0 saturated heterocycles. The number of benzene rings is 2. The SMILES string of the molecule is Cc1nc2cc(Br)c(F)cc2n1Cc1ccccc1. The number of halogens is 2. The van der Waals surface area contributed by atoms with Gasteiger partial charge in [-0.15, -0.1) is 0 Å². The zero-order chi connectivity index (χ0) is 13.4. The Kier molecular flexibility index (Phi) is 3.11. The highest BCUT2D eigenvalue weighted by molar-refractivity contribution is 9.10. The Hall–Kier alpha value is -1.68. The van der Waals surface area contributed by atoms with Crippen LogP contribution in [0.2, 0.25) is 0 Å². The van der Waals surface area contributed by atoms with Crippen LogP contribution in [0.3, 0.4) is 0 Å². The van der Waals surface area contributed by atoms with Gasteiger partial charge in [0.1, 0.15) is 11.6 Å². The third-order valence-corrected chi connectivity index (χ3v) is 3.77. The van der Waals surface area contributed by atoms with E-state index in [1.54, 1.807) is 6.07 Å². The second kappa shape index (κ2) is 4.78. The molecule has 0 spiro atoms. The van der Waals surface area contributed by atoms with Crippen LogP contribution >= 0.6 is 15.9 Å². The summed E-state index contributed by atoms with van der Waals surface area (Å²) in [7, 11) is 0. The Morgan fingerprint density at radius 2 is 1.95 bits per heavy atom. The van der Waals surface area contributed by atoms with Crippen LogP contribution in [0.5, 0.6) is 0 Å². The fourth-order valence-electron chi connectivity index (χ4n) is 2.21. The van der Waals surface area contributed by atoms with Crippen molar-refractivity contribution >= 4 is 27.0 Å². The quantitative estimate of drug-likeness (QED) is 0.689. The molecule has 4 heteroatoms. The highest BCUT2D eigenvalue weighted by Crippen LogP contribution is 2.24. The lowest BCUT2D eigenvalue weighted by atomic mass is 10.2. The van der Waals surface area contributed by atoms with E-state index in [9.17, 15) is 4.39 Å². The molecule has 3 aromatic rings. The van der Waals surface area contributed by atoms with Crippen molar-refractivity contribution in [3.8, 4) is 0 Å². The van der Waals surface area contributed by atoms with E-state index in [2.05, 4.69) is 33.0 Å². The maximum absolute atomic E-state index is 13.7. The number of rotatable bonds is 2. The first-order valence-electron chi connectivity index (χ1n) is 6.01. The van der Waals surface area contributed by atoms with Gasteiger partial charge < -0.3 is 4.57 Å². The van der Waals surface area contributed by atoms with Gasteiger partial charge in [0.05, 0.1) is 15.5 Å². The van der Waals surface area contributed by atoms with Gasteiger partial charge in [0.2, 0.25) is 0 Å². The van der Waals surface area contributed by atoms with E-state index in [0.29, 0.717) is 11.0 Å². The molecule has 1 aromatic heterocycles. The molecule has 0 aliphatic carbocycles. The average molecular weight is 319 g/mol. The van der Waals surface area contributed by atoms with Crippen molar-refractivity contribution in [3.05, 3.63) is 64.1 Å². The molecule has 3 rings (SSSR count). The predicted molar refractivity (Wildman–Crippen MR) is 77.7 cm³/mol. The lowest BCUT2D eigenvalue weighted by molar-refractivity contribution is 0.621. The smallest absolute Gasteiger partial charge is 0.139 e. The molecule has 0 radical (unpaired) electrons. The van der Waals surface area contributed by atoms with Crippen molar-refractivity contribution in [1.82, 2.24) is 9.55 Å². The van der Waals surface area contributed by atoms with Crippen molar-refractivity contribution in [1.29, 1.82) is 0 Å². The van der Waals surface area contributed by atoms with Crippen molar-refractivity contribution in [2.75, 3.05) is 0 Å². The summed E-state index contributed by atoms with van der Waals surface area (Å²) in [6.45, 7) is 2.64. The Morgan fingerprint density at radius 3 is 2.68 bits per heavy atom. The van der Waals surface area contributed by atoms with Crippen molar-refractivity contribution in [2.45, 2.75) is 13.5 Å². The van der Waals surface area contributed by atoms with Crippen LogP contribution in [0.15, 0.2) is 46.9 Å². The number of imidazole rings is 1. The number of fused-ring (bicyclic) bond motifs is 1. The van der Waals surface area contributed by atoms with Gasteiger partial charge in [0.25, 0.3) is 0 Å². The van der Waals surface area contributed by atoms with E-state index in [1.807, 2.05) is 29.7 Å². The predicted octanol–water partition coefficient (Wildman–Crippen LogP) is 4.29. The van der Waals surface area contributed by atoms with Gasteiger partial charge in [-0.25, -0.2) is 9.37 Å². The molecule has 0 amide bonds. The topological polar surface area (TPSA) is 17.8 Å². The molecule has 0 atom stereocenters. The molecular weight excluding hydrogens is 307 g/mol. The van der Waals surface area contributed by atoms with E-state index in [0.717, 1.165) is 16.9 Å². The maximum atomic E-state index is 13.7. The molecule has 0 N–H and O–H groups in total. The highest BCUT2D eigenvalue weighted by Gasteiger charge is 2.11. The Bertz CT molecular complexity index is 735. The van der Waals surface area contributed by atoms with Crippen LogP contribution in [0.4, 0.5) is 4.39 Å². The number of aryl methyl sites for hydroxylation is 1. The van der Waals surface area contributed by atoms with Gasteiger partial charge in [0.15, 0.2) is 0 Å². The largest absolute Gasteiger partial charge is 0.324 e. The Balaban J connectivity index is 2.13. The van der Waals surface area contributed by atoms with Crippen LogP contribution < -0.4 is 0 Å². The third-order valence-electron chi connectivity index (χ3n) is 3.16. The molecule has 0 saturated carbocycles. The molecule has 0 unspecified atom stereocenters. The van der Waals surface area contributed by atoms with Crippen LogP contribution in [0.25, 0.3) is 11.0 Å². The minimum atomic E-state index is -0.262. The number of nitrogens with zero attached hydrogens (tertiary/aromatic N) is 2. The van der Waals surface area contributed by atoms with Crippen LogP contribution in [0, 0.1) is 12.7 Å². The fourth-order valence-corrected chi connectivity index (χ4v) is 2.54. The van der Waals surface area contributed by atoms with Crippen LogP contribution in [-0.4, -0.2) is 9.55 Å². The molecule has 19 heavy (non-hydrogen) atoms. The zero-order valence-corrected chi connectivity index (χ0v) is 12.0. The lowest BCUT2D eigenvalue weighted by Crippen LogP contribution is -2.01. The highest BCUT2D eigenvalue weighted by atomic mass is 79.9. The molecule has 1 heterocycles. The fraction of sp³-hybridized carbons (Fsp3) is 0.133. The van der Waals surface area contributed by atoms with Crippen molar-refractivity contribution in [3.63, 3.8) is 0 Å². The van der Waals surface area contributed by atoms with Crippen molar-refractivity contribution in [2.24, 2.45) is 0 Å². The van der Waals surface area contributed by atoms with Gasteiger partial charge in [-0.3, -0.25) is 0 Å². The third kappa shape index (κ3) is 2.28. The summed E-state index contributed by atoms with van der Waals surface area (Å²) in [6, 6.07) is 13.4. The molecule has 0 fully saturated rings. The second-order valence-electron chi connectivity index (χ2n) is 4.49. The Labute approximate surface area is 119 Å². The van der Waals surface area contributed by atoms with Crippen LogP contribution in [0.1, 0.15) is 11.4 Å². The van der Waals surface area contributed by atoms with E-state index < -0.39 is 0 Å². The normalized spacial score (nSPS) is 11.1. The summed E-state index contributed by atoms with van der Waals surface area (Å²) in [5.41, 5.74) is 2.80. The minimum absolute atomic E-state index is 0.262. The van der Waals surface area contributed by atoms with E-state index in [-0.39, 0.29) is 5.82 Å². The van der Waals surface area contributed by atoms with E-state index in [1.165, 1.54) is 11.6 Å². The minimum Gasteiger partial charge on any atom is -0.324 e. The van der Waals surface area contributed by atoms with Gasteiger partial charge in [-0.2, -0.15) is 0 Å². The first kappa shape index (κ1) is 12.4. The summed E-state index contributed by atoms with van der Waals surface area (Å²) < 4.78 is 16.2. The molecule has 2 nitrogen and oxygen atoms in total. The molecule has 0 aliphatic heterocycles. The standard InChI is InChI=1S/C15H12BrFN2/c1-10-18-14-7-12(16)13(17)8-15(14)19(10)9-11-5-3-2-4-6-11/h2-8H,9H2,1H3. The number of aromatic nitrogens is 2. The summed E-state index contributed by atoms with van der Waals surface area (Å²) in [6.07, 6.45) is 0. The van der Waals surface area contributed by atoms with Crippen molar-refractivity contribution < 1.29 is 4.39 Å². The van der Waals surface area contributed by atoms with Gasteiger partial charge >= 0.3 is 0 Å². The summed E-state index contributed by atoms with van der Waals surface area (Å²) in [4.78, 5) is 4.48. The number of hydrogen-bond acceptors (Lipinski definition) is 1. The molecule has 2 aromatic carbocycles. The van der Waals surface area contributed by atoms with E-state index in [4.69, 9.17) is 0 Å². The molecule has 0 aliphatic rings. The second-order valence-corrected chi connectivity index (χ2v) is 5.34. The monoisotopic (exact) mass is 318 g/mol. The average Bonchev–Trinajstić information content (AvgIpc) is 2.68. The molecule has 96 valence electrons. The summed E-state index contributed by atoms with van der Waals surface area (Å²) in [5, 5.41) is 0. The molecule has 0 bridgehead atoms. The van der Waals surface area contributed by atoms with Crippen LogP contribution in [-0.2, 0) is 6.54 Å². The number of hydrogen-bond donors (Lipinski definition) is 0. The first-order chi connectivity index (χ1) is 9.15. The van der Waals surface area contributed by atoms with E-state index >= 15 is 0 Å². The summed E-state index contributed by atoms with van der Waals surface area (Å²) >= 11 is 3.19. The van der Waals surface area contributed by atoms with Gasteiger partial charge in [0, 0.05) is 12.6 Å². The maximum Gasteiger partial charge on any atom is 0.139 e.